The summed E-state index contributed by atoms with van der Waals surface area (Å²) in [6.45, 7) is 4.04. The maximum absolute atomic E-state index is 10.8. The van der Waals surface area contributed by atoms with Crippen molar-refractivity contribution in [2.24, 2.45) is 0 Å². The van der Waals surface area contributed by atoms with E-state index in [1.165, 1.54) is 18.2 Å². The Hall–Kier alpha value is -2.17. The van der Waals surface area contributed by atoms with Crippen molar-refractivity contribution in [3.63, 3.8) is 0 Å². The minimum absolute atomic E-state index is 0.114. The first kappa shape index (κ1) is 14.9. The molecule has 0 saturated carbocycles. The number of carbonyl (C=O) groups excluding carboxylic acids is 1. The third-order valence-corrected chi connectivity index (χ3v) is 2.63. The van der Waals surface area contributed by atoms with Gasteiger partial charge in [-0.15, -0.1) is 6.58 Å². The van der Waals surface area contributed by atoms with E-state index in [9.17, 15) is 14.9 Å². The number of nitrogens with zero attached hydrogens (tertiary/aromatic N) is 1. The molecule has 0 aliphatic carbocycles. The standard InChI is InChI=1S/C14H17NO4/c1-2-3-4-5-6-9-19-14-10-12(11-16)7-8-13(14)15(17)18/h2,7-8,10-11H,1,3-6,9H2. The van der Waals surface area contributed by atoms with Gasteiger partial charge in [0, 0.05) is 11.6 Å². The van der Waals surface area contributed by atoms with E-state index >= 15 is 0 Å². The van der Waals surface area contributed by atoms with E-state index in [1.807, 2.05) is 6.08 Å². The van der Waals surface area contributed by atoms with E-state index in [0.717, 1.165) is 25.7 Å². The lowest BCUT2D eigenvalue weighted by Crippen LogP contribution is -2.01. The molecule has 1 aromatic rings. The van der Waals surface area contributed by atoms with Gasteiger partial charge in [0.1, 0.15) is 6.29 Å². The molecule has 0 spiro atoms. The second-order valence-corrected chi connectivity index (χ2v) is 4.09. The second-order valence-electron chi connectivity index (χ2n) is 4.09. The highest BCUT2D eigenvalue weighted by Gasteiger charge is 2.15. The lowest BCUT2D eigenvalue weighted by molar-refractivity contribution is -0.385. The number of benzene rings is 1. The molecule has 5 heteroatoms. The summed E-state index contributed by atoms with van der Waals surface area (Å²) < 4.78 is 5.39. The number of hydrogen-bond donors (Lipinski definition) is 0. The van der Waals surface area contributed by atoms with Crippen LogP contribution in [0, 0.1) is 10.1 Å². The van der Waals surface area contributed by atoms with Crippen LogP contribution in [0.15, 0.2) is 30.9 Å². The smallest absolute Gasteiger partial charge is 0.310 e. The van der Waals surface area contributed by atoms with Crippen LogP contribution in [-0.2, 0) is 0 Å². The Bertz CT molecular complexity index is 457. The summed E-state index contributed by atoms with van der Waals surface area (Å²) in [6.07, 6.45) is 6.29. The lowest BCUT2D eigenvalue weighted by atomic mass is 10.2. The molecule has 0 amide bonds. The number of rotatable bonds is 9. The van der Waals surface area contributed by atoms with Crippen LogP contribution in [0.2, 0.25) is 0 Å². The number of aldehydes is 1. The number of unbranched alkanes of at least 4 members (excludes halogenated alkanes) is 3. The molecule has 102 valence electrons. The van der Waals surface area contributed by atoms with Gasteiger partial charge in [-0.2, -0.15) is 0 Å². The van der Waals surface area contributed by atoms with Gasteiger partial charge in [0.2, 0.25) is 0 Å². The van der Waals surface area contributed by atoms with Crippen molar-refractivity contribution in [2.75, 3.05) is 6.61 Å². The summed E-state index contributed by atoms with van der Waals surface area (Å²) in [4.78, 5) is 21.0. The average Bonchev–Trinajstić information content (AvgIpc) is 2.42. The summed E-state index contributed by atoms with van der Waals surface area (Å²) in [7, 11) is 0. The zero-order valence-electron chi connectivity index (χ0n) is 10.7. The van der Waals surface area contributed by atoms with E-state index in [2.05, 4.69) is 6.58 Å². The number of ether oxygens (including phenoxy) is 1. The van der Waals surface area contributed by atoms with Crippen molar-refractivity contribution < 1.29 is 14.5 Å². The minimum Gasteiger partial charge on any atom is -0.487 e. The summed E-state index contributed by atoms with van der Waals surface area (Å²) in [5.41, 5.74) is 0.254. The fourth-order valence-electron chi connectivity index (χ4n) is 1.62. The van der Waals surface area contributed by atoms with Gasteiger partial charge in [0.25, 0.3) is 0 Å². The Balaban J connectivity index is 2.57. The molecule has 0 saturated heterocycles. The average molecular weight is 263 g/mol. The molecule has 0 heterocycles. The Labute approximate surface area is 112 Å². The van der Waals surface area contributed by atoms with Crippen LogP contribution < -0.4 is 4.74 Å². The molecule has 0 aromatic heterocycles. The van der Waals surface area contributed by atoms with Crippen LogP contribution in [-0.4, -0.2) is 17.8 Å². The molecule has 0 aliphatic heterocycles. The van der Waals surface area contributed by atoms with Crippen molar-refractivity contribution in [3.05, 3.63) is 46.5 Å². The molecule has 0 atom stereocenters. The number of carbonyl (C=O) groups is 1. The van der Waals surface area contributed by atoms with Gasteiger partial charge >= 0.3 is 5.69 Å². The molecule has 1 rings (SSSR count). The van der Waals surface area contributed by atoms with Gasteiger partial charge < -0.3 is 4.74 Å². The van der Waals surface area contributed by atoms with E-state index in [4.69, 9.17) is 4.74 Å². The van der Waals surface area contributed by atoms with Gasteiger partial charge in [0.15, 0.2) is 5.75 Å². The zero-order chi connectivity index (χ0) is 14.1. The molecule has 5 nitrogen and oxygen atoms in total. The van der Waals surface area contributed by atoms with Crippen LogP contribution in [0.5, 0.6) is 5.75 Å². The highest BCUT2D eigenvalue weighted by molar-refractivity contribution is 5.76. The molecule has 0 aliphatic rings. The molecule has 0 radical (unpaired) electrons. The number of allylic oxidation sites excluding steroid dienone is 1. The topological polar surface area (TPSA) is 69.4 Å². The summed E-state index contributed by atoms with van der Waals surface area (Å²) >= 11 is 0. The summed E-state index contributed by atoms with van der Waals surface area (Å²) in [6, 6.07) is 4.09. The van der Waals surface area contributed by atoms with Gasteiger partial charge in [0.05, 0.1) is 11.5 Å². The molecule has 0 N–H and O–H groups in total. The highest BCUT2D eigenvalue weighted by atomic mass is 16.6. The first-order valence-corrected chi connectivity index (χ1v) is 6.16. The van der Waals surface area contributed by atoms with E-state index < -0.39 is 4.92 Å². The predicted octanol–water partition coefficient (Wildman–Crippen LogP) is 3.53. The van der Waals surface area contributed by atoms with Crippen molar-refractivity contribution in [3.8, 4) is 5.75 Å². The van der Waals surface area contributed by atoms with Crippen LogP contribution >= 0.6 is 0 Å². The Morgan fingerprint density at radius 1 is 1.32 bits per heavy atom. The van der Waals surface area contributed by atoms with Crippen LogP contribution in [0.25, 0.3) is 0 Å². The lowest BCUT2D eigenvalue weighted by Gasteiger charge is -2.07. The fraction of sp³-hybridized carbons (Fsp3) is 0.357. The molecular formula is C14H17NO4. The van der Waals surface area contributed by atoms with Crippen LogP contribution in [0.1, 0.15) is 36.0 Å². The maximum Gasteiger partial charge on any atom is 0.310 e. The number of nitro groups is 1. The van der Waals surface area contributed by atoms with E-state index in [0.29, 0.717) is 18.5 Å². The second kappa shape index (κ2) is 8.02. The molecule has 0 fully saturated rings. The third kappa shape index (κ3) is 4.91. The van der Waals surface area contributed by atoms with Crippen molar-refractivity contribution in [1.29, 1.82) is 0 Å². The Morgan fingerprint density at radius 3 is 2.74 bits per heavy atom. The number of nitro benzene ring substituents is 1. The normalized spacial score (nSPS) is 9.89. The first-order valence-electron chi connectivity index (χ1n) is 6.16. The quantitative estimate of drug-likeness (QED) is 0.225. The molecular weight excluding hydrogens is 246 g/mol. The first-order chi connectivity index (χ1) is 9.19. The Morgan fingerprint density at radius 2 is 2.11 bits per heavy atom. The number of hydrogen-bond acceptors (Lipinski definition) is 4. The summed E-state index contributed by atoms with van der Waals surface area (Å²) in [5.74, 6) is 0.151. The maximum atomic E-state index is 10.8. The summed E-state index contributed by atoms with van der Waals surface area (Å²) in [5, 5.41) is 10.8. The van der Waals surface area contributed by atoms with Gasteiger partial charge in [-0.1, -0.05) is 6.08 Å². The van der Waals surface area contributed by atoms with Crippen LogP contribution in [0.3, 0.4) is 0 Å². The van der Waals surface area contributed by atoms with Crippen molar-refractivity contribution in [2.45, 2.75) is 25.7 Å². The molecule has 1 aromatic carbocycles. The van der Waals surface area contributed by atoms with Crippen molar-refractivity contribution >= 4 is 12.0 Å². The SMILES string of the molecule is C=CCCCCCOc1cc(C=O)ccc1[N+](=O)[O-]. The largest absolute Gasteiger partial charge is 0.487 e. The Kier molecular flexibility index (Phi) is 6.29. The third-order valence-electron chi connectivity index (χ3n) is 2.63. The van der Waals surface area contributed by atoms with E-state index in [-0.39, 0.29) is 11.4 Å². The van der Waals surface area contributed by atoms with Gasteiger partial charge in [-0.3, -0.25) is 14.9 Å². The monoisotopic (exact) mass is 263 g/mol. The van der Waals surface area contributed by atoms with Crippen molar-refractivity contribution in [1.82, 2.24) is 0 Å². The zero-order valence-corrected chi connectivity index (χ0v) is 10.7. The van der Waals surface area contributed by atoms with Gasteiger partial charge in [-0.25, -0.2) is 0 Å². The molecule has 19 heavy (non-hydrogen) atoms. The highest BCUT2D eigenvalue weighted by Crippen LogP contribution is 2.27. The van der Waals surface area contributed by atoms with Crippen LogP contribution in [0.4, 0.5) is 5.69 Å². The predicted molar refractivity (Wildman–Crippen MR) is 72.6 cm³/mol. The fourth-order valence-corrected chi connectivity index (χ4v) is 1.62. The molecule has 0 unspecified atom stereocenters. The van der Waals surface area contributed by atoms with Gasteiger partial charge in [-0.05, 0) is 37.8 Å². The minimum atomic E-state index is -0.512. The van der Waals surface area contributed by atoms with E-state index in [1.54, 1.807) is 0 Å². The molecule has 0 bridgehead atoms.